The molecule has 0 aromatic heterocycles. The lowest BCUT2D eigenvalue weighted by Crippen LogP contribution is -2.21. The Bertz CT molecular complexity index is 628. The maximum Gasteiger partial charge on any atom is 0.146 e. The van der Waals surface area contributed by atoms with Gasteiger partial charge in [-0.15, -0.1) is 0 Å². The molecule has 4 heteroatoms. The van der Waals surface area contributed by atoms with Gasteiger partial charge in [-0.1, -0.05) is 37.6 Å². The van der Waals surface area contributed by atoms with Gasteiger partial charge in [-0.3, -0.25) is 0 Å². The Morgan fingerprint density at radius 2 is 1.90 bits per heavy atom. The molecular weight excluding hydrogens is 289 g/mol. The summed E-state index contributed by atoms with van der Waals surface area (Å²) in [7, 11) is 0. The second kappa shape index (κ2) is 6.92. The lowest BCUT2D eigenvalue weighted by molar-refractivity contribution is 0.475. The molecule has 0 atom stereocenters. The van der Waals surface area contributed by atoms with E-state index in [0.29, 0.717) is 11.8 Å². The topological polar surface area (TPSA) is 21.3 Å². The van der Waals surface area contributed by atoms with Crippen LogP contribution in [0.5, 0.6) is 11.5 Å². The minimum Gasteiger partial charge on any atom is -0.456 e. The molecule has 0 radical (unpaired) electrons. The molecule has 0 saturated heterocycles. The summed E-state index contributed by atoms with van der Waals surface area (Å²) < 4.78 is 18.9. The molecule has 2 nitrogen and oxygen atoms in total. The van der Waals surface area contributed by atoms with Crippen molar-refractivity contribution in [2.45, 2.75) is 33.4 Å². The highest BCUT2D eigenvalue weighted by molar-refractivity contribution is 6.32. The minimum atomic E-state index is -0.376. The summed E-state index contributed by atoms with van der Waals surface area (Å²) in [6.07, 6.45) is 0. The molecule has 112 valence electrons. The molecule has 0 aliphatic rings. The van der Waals surface area contributed by atoms with Gasteiger partial charge < -0.3 is 10.1 Å². The van der Waals surface area contributed by atoms with Crippen LogP contribution in [0.4, 0.5) is 4.39 Å². The van der Waals surface area contributed by atoms with E-state index >= 15 is 0 Å². The highest BCUT2D eigenvalue weighted by Crippen LogP contribution is 2.32. The average Bonchev–Trinajstić information content (AvgIpc) is 2.42. The van der Waals surface area contributed by atoms with Crippen LogP contribution < -0.4 is 10.1 Å². The molecule has 0 amide bonds. The van der Waals surface area contributed by atoms with E-state index in [1.165, 1.54) is 18.2 Å². The van der Waals surface area contributed by atoms with Crippen molar-refractivity contribution in [3.63, 3.8) is 0 Å². The van der Waals surface area contributed by atoms with Crippen LogP contribution in [0.3, 0.4) is 0 Å². The molecule has 0 unspecified atom stereocenters. The number of nitrogens with one attached hydrogen (secondary N) is 1. The van der Waals surface area contributed by atoms with E-state index in [2.05, 4.69) is 25.2 Å². The maximum atomic E-state index is 13.1. The second-order valence-corrected chi connectivity index (χ2v) is 5.72. The Balaban J connectivity index is 2.20. The second-order valence-electron chi connectivity index (χ2n) is 5.31. The maximum absolute atomic E-state index is 13.1. The van der Waals surface area contributed by atoms with Crippen LogP contribution in [-0.2, 0) is 6.54 Å². The van der Waals surface area contributed by atoms with Crippen LogP contribution in [0, 0.1) is 12.7 Å². The van der Waals surface area contributed by atoms with Crippen LogP contribution in [0.15, 0.2) is 36.4 Å². The molecule has 0 aliphatic carbocycles. The fourth-order valence-corrected chi connectivity index (χ4v) is 2.07. The van der Waals surface area contributed by atoms with E-state index in [1.807, 2.05) is 19.1 Å². The first-order valence-electron chi connectivity index (χ1n) is 6.91. The lowest BCUT2D eigenvalue weighted by Gasteiger charge is -2.13. The first-order valence-corrected chi connectivity index (χ1v) is 7.29. The third kappa shape index (κ3) is 4.45. The van der Waals surface area contributed by atoms with Gasteiger partial charge in [-0.25, -0.2) is 4.39 Å². The summed E-state index contributed by atoms with van der Waals surface area (Å²) in [4.78, 5) is 0. The van der Waals surface area contributed by atoms with Gasteiger partial charge in [0.15, 0.2) is 0 Å². The van der Waals surface area contributed by atoms with Crippen molar-refractivity contribution in [2.24, 2.45) is 0 Å². The molecule has 2 aromatic carbocycles. The zero-order valence-electron chi connectivity index (χ0n) is 12.4. The van der Waals surface area contributed by atoms with E-state index in [4.69, 9.17) is 16.3 Å². The van der Waals surface area contributed by atoms with Gasteiger partial charge in [0.2, 0.25) is 0 Å². The van der Waals surface area contributed by atoms with Crippen LogP contribution in [0.1, 0.15) is 25.0 Å². The predicted octanol–water partition coefficient (Wildman–Crippen LogP) is 5.08. The predicted molar refractivity (Wildman–Crippen MR) is 84.6 cm³/mol. The Labute approximate surface area is 129 Å². The van der Waals surface area contributed by atoms with E-state index in [0.717, 1.165) is 23.4 Å². The average molecular weight is 308 g/mol. The third-order valence-electron chi connectivity index (χ3n) is 3.08. The molecule has 0 fully saturated rings. The van der Waals surface area contributed by atoms with Crippen LogP contribution >= 0.6 is 11.6 Å². The third-order valence-corrected chi connectivity index (χ3v) is 3.38. The van der Waals surface area contributed by atoms with Crippen molar-refractivity contribution < 1.29 is 9.13 Å². The summed E-state index contributed by atoms with van der Waals surface area (Å²) >= 11 is 6.00. The van der Waals surface area contributed by atoms with E-state index in [1.54, 1.807) is 0 Å². The number of ether oxygens (including phenoxy) is 1. The standard InChI is InChI=1S/C17H19ClFNO/c1-11(2)20-10-13-5-4-12(3)17(8-13)21-16-7-6-14(19)9-15(16)18/h4-9,11,20H,10H2,1-3H3. The molecule has 21 heavy (non-hydrogen) atoms. The summed E-state index contributed by atoms with van der Waals surface area (Å²) in [5, 5.41) is 3.62. The fraction of sp³-hybridized carbons (Fsp3) is 0.294. The number of halogens is 2. The molecule has 0 bridgehead atoms. The Morgan fingerprint density at radius 1 is 1.14 bits per heavy atom. The Kier molecular flexibility index (Phi) is 5.21. The first kappa shape index (κ1) is 15.8. The van der Waals surface area contributed by atoms with Crippen molar-refractivity contribution in [2.75, 3.05) is 0 Å². The van der Waals surface area contributed by atoms with Gasteiger partial charge in [0, 0.05) is 12.6 Å². The van der Waals surface area contributed by atoms with Crippen LogP contribution in [0.2, 0.25) is 5.02 Å². The van der Waals surface area contributed by atoms with Crippen LogP contribution in [0.25, 0.3) is 0 Å². The summed E-state index contributed by atoms with van der Waals surface area (Å²) in [5.74, 6) is 0.806. The number of hydrogen-bond acceptors (Lipinski definition) is 2. The smallest absolute Gasteiger partial charge is 0.146 e. The van der Waals surface area contributed by atoms with E-state index in [9.17, 15) is 4.39 Å². The monoisotopic (exact) mass is 307 g/mol. The minimum absolute atomic E-state index is 0.264. The molecule has 0 heterocycles. The van der Waals surface area contributed by atoms with Crippen molar-refractivity contribution in [3.05, 3.63) is 58.4 Å². The molecule has 2 rings (SSSR count). The van der Waals surface area contributed by atoms with Gasteiger partial charge >= 0.3 is 0 Å². The van der Waals surface area contributed by atoms with Crippen molar-refractivity contribution in [3.8, 4) is 11.5 Å². The van der Waals surface area contributed by atoms with E-state index in [-0.39, 0.29) is 10.8 Å². The molecular formula is C17H19ClFNO. The van der Waals surface area contributed by atoms with Gasteiger partial charge in [-0.05, 0) is 42.3 Å². The van der Waals surface area contributed by atoms with Gasteiger partial charge in [-0.2, -0.15) is 0 Å². The highest BCUT2D eigenvalue weighted by Gasteiger charge is 2.08. The summed E-state index contributed by atoms with van der Waals surface area (Å²) in [5.41, 5.74) is 2.13. The van der Waals surface area contributed by atoms with Crippen LogP contribution in [-0.4, -0.2) is 6.04 Å². The molecule has 0 saturated carbocycles. The largest absolute Gasteiger partial charge is 0.456 e. The number of hydrogen-bond donors (Lipinski definition) is 1. The quantitative estimate of drug-likeness (QED) is 0.832. The van der Waals surface area contributed by atoms with Crippen molar-refractivity contribution >= 4 is 11.6 Å². The molecule has 0 aliphatic heterocycles. The molecule has 2 aromatic rings. The lowest BCUT2D eigenvalue weighted by atomic mass is 10.1. The fourth-order valence-electron chi connectivity index (χ4n) is 1.86. The Hall–Kier alpha value is -1.58. The summed E-state index contributed by atoms with van der Waals surface area (Å²) in [6.45, 7) is 6.94. The zero-order chi connectivity index (χ0) is 15.4. The number of rotatable bonds is 5. The normalized spacial score (nSPS) is 11.0. The number of aryl methyl sites for hydroxylation is 1. The SMILES string of the molecule is Cc1ccc(CNC(C)C)cc1Oc1ccc(F)cc1Cl. The first-order chi connectivity index (χ1) is 9.95. The molecule has 0 spiro atoms. The van der Waals surface area contributed by atoms with Gasteiger partial charge in [0.25, 0.3) is 0 Å². The summed E-state index contributed by atoms with van der Waals surface area (Å²) in [6, 6.07) is 10.6. The zero-order valence-corrected chi connectivity index (χ0v) is 13.2. The van der Waals surface area contributed by atoms with Crippen molar-refractivity contribution in [1.82, 2.24) is 5.32 Å². The van der Waals surface area contributed by atoms with Gasteiger partial charge in [0.05, 0.1) is 5.02 Å². The van der Waals surface area contributed by atoms with Gasteiger partial charge in [0.1, 0.15) is 17.3 Å². The van der Waals surface area contributed by atoms with Crippen molar-refractivity contribution in [1.29, 1.82) is 0 Å². The van der Waals surface area contributed by atoms with E-state index < -0.39 is 0 Å². The number of benzene rings is 2. The highest BCUT2D eigenvalue weighted by atomic mass is 35.5. The molecule has 1 N–H and O–H groups in total. The Morgan fingerprint density at radius 3 is 2.57 bits per heavy atom.